The molecule has 2 aliphatic rings. The number of nitrogens with zero attached hydrogens (tertiary/aromatic N) is 2. The SMILES string of the molecule is Cc1cc(N2CC3CCCCN3CC2C)ccc1CN. The van der Waals surface area contributed by atoms with E-state index in [9.17, 15) is 0 Å². The van der Waals surface area contributed by atoms with Gasteiger partial charge in [0.25, 0.3) is 0 Å². The highest BCUT2D eigenvalue weighted by Crippen LogP contribution is 2.29. The van der Waals surface area contributed by atoms with E-state index in [-0.39, 0.29) is 0 Å². The van der Waals surface area contributed by atoms with Gasteiger partial charge in [0.2, 0.25) is 0 Å². The first-order valence-corrected chi connectivity index (χ1v) is 7.99. The number of nitrogens with two attached hydrogens (primary N) is 1. The van der Waals surface area contributed by atoms with E-state index in [0.29, 0.717) is 12.6 Å². The lowest BCUT2D eigenvalue weighted by atomic mass is 9.96. The standard InChI is InChI=1S/C17H27N3/c1-13-9-16(7-6-15(13)10-18)20-12-17-5-3-4-8-19(17)11-14(20)2/h6-7,9,14,17H,3-5,8,10-12,18H2,1-2H3. The Hall–Kier alpha value is -1.06. The summed E-state index contributed by atoms with van der Waals surface area (Å²) in [7, 11) is 0. The molecule has 20 heavy (non-hydrogen) atoms. The summed E-state index contributed by atoms with van der Waals surface area (Å²) in [6.45, 7) is 8.86. The highest BCUT2D eigenvalue weighted by Gasteiger charge is 2.32. The lowest BCUT2D eigenvalue weighted by Crippen LogP contribution is -2.58. The third-order valence-electron chi connectivity index (χ3n) is 5.07. The molecule has 0 aromatic heterocycles. The minimum atomic E-state index is 0.604. The van der Waals surface area contributed by atoms with E-state index in [0.717, 1.165) is 6.04 Å². The van der Waals surface area contributed by atoms with Crippen LogP contribution in [-0.2, 0) is 6.54 Å². The first-order chi connectivity index (χ1) is 9.69. The molecule has 0 radical (unpaired) electrons. The second kappa shape index (κ2) is 5.74. The van der Waals surface area contributed by atoms with Gasteiger partial charge in [0.15, 0.2) is 0 Å². The van der Waals surface area contributed by atoms with Gasteiger partial charge >= 0.3 is 0 Å². The molecule has 0 saturated carbocycles. The molecule has 0 spiro atoms. The number of hydrogen-bond acceptors (Lipinski definition) is 3. The van der Waals surface area contributed by atoms with Crippen molar-refractivity contribution in [1.29, 1.82) is 0 Å². The van der Waals surface area contributed by atoms with Crippen LogP contribution in [0.25, 0.3) is 0 Å². The lowest BCUT2D eigenvalue weighted by Gasteiger charge is -2.48. The van der Waals surface area contributed by atoms with E-state index in [1.54, 1.807) is 0 Å². The van der Waals surface area contributed by atoms with Crippen molar-refractivity contribution in [3.63, 3.8) is 0 Å². The van der Waals surface area contributed by atoms with Gasteiger partial charge in [-0.15, -0.1) is 0 Å². The summed E-state index contributed by atoms with van der Waals surface area (Å²) in [5.41, 5.74) is 9.73. The number of fused-ring (bicyclic) bond motifs is 1. The monoisotopic (exact) mass is 273 g/mol. The van der Waals surface area contributed by atoms with Crippen LogP contribution in [0.2, 0.25) is 0 Å². The van der Waals surface area contributed by atoms with Crippen LogP contribution >= 0.6 is 0 Å². The molecular formula is C17H27N3. The van der Waals surface area contributed by atoms with Crippen LogP contribution in [0.15, 0.2) is 18.2 Å². The average molecular weight is 273 g/mol. The quantitative estimate of drug-likeness (QED) is 0.898. The summed E-state index contributed by atoms with van der Waals surface area (Å²) in [6, 6.07) is 8.13. The summed E-state index contributed by atoms with van der Waals surface area (Å²) in [6.07, 6.45) is 4.14. The molecule has 3 heteroatoms. The van der Waals surface area contributed by atoms with Crippen molar-refractivity contribution >= 4 is 5.69 Å². The van der Waals surface area contributed by atoms with Gasteiger partial charge in [0.1, 0.15) is 0 Å². The fourth-order valence-corrected chi connectivity index (χ4v) is 3.80. The van der Waals surface area contributed by atoms with Crippen molar-refractivity contribution in [3.8, 4) is 0 Å². The molecule has 1 aromatic rings. The van der Waals surface area contributed by atoms with Gasteiger partial charge in [-0.1, -0.05) is 12.5 Å². The molecular weight excluding hydrogens is 246 g/mol. The Morgan fingerprint density at radius 1 is 1.25 bits per heavy atom. The maximum Gasteiger partial charge on any atom is 0.0389 e. The maximum absolute atomic E-state index is 5.77. The molecule has 2 fully saturated rings. The van der Waals surface area contributed by atoms with Crippen LogP contribution in [-0.4, -0.2) is 36.6 Å². The fourth-order valence-electron chi connectivity index (χ4n) is 3.80. The van der Waals surface area contributed by atoms with Gasteiger partial charge in [-0.3, -0.25) is 4.90 Å². The van der Waals surface area contributed by atoms with E-state index in [1.807, 2.05) is 0 Å². The van der Waals surface area contributed by atoms with Crippen LogP contribution in [0.4, 0.5) is 5.69 Å². The number of aryl methyl sites for hydroxylation is 1. The van der Waals surface area contributed by atoms with Crippen LogP contribution in [0, 0.1) is 6.92 Å². The largest absolute Gasteiger partial charge is 0.366 e. The zero-order valence-electron chi connectivity index (χ0n) is 12.8. The number of benzene rings is 1. The maximum atomic E-state index is 5.77. The number of rotatable bonds is 2. The molecule has 0 bridgehead atoms. The van der Waals surface area contributed by atoms with E-state index in [1.165, 1.54) is 55.7 Å². The van der Waals surface area contributed by atoms with Crippen molar-refractivity contribution in [1.82, 2.24) is 4.90 Å². The lowest BCUT2D eigenvalue weighted by molar-refractivity contribution is 0.115. The Kier molecular flexibility index (Phi) is 3.99. The third kappa shape index (κ3) is 2.57. The average Bonchev–Trinajstić information content (AvgIpc) is 2.46. The Bertz CT molecular complexity index is 471. The summed E-state index contributed by atoms with van der Waals surface area (Å²) >= 11 is 0. The Labute approximate surface area is 122 Å². The van der Waals surface area contributed by atoms with Crippen molar-refractivity contribution in [2.45, 2.75) is 51.7 Å². The number of hydrogen-bond donors (Lipinski definition) is 1. The van der Waals surface area contributed by atoms with Gasteiger partial charge < -0.3 is 10.6 Å². The van der Waals surface area contributed by atoms with Gasteiger partial charge in [0, 0.05) is 37.4 Å². The number of anilines is 1. The summed E-state index contributed by atoms with van der Waals surface area (Å²) in [4.78, 5) is 5.30. The predicted octanol–water partition coefficient (Wildman–Crippen LogP) is 2.52. The Morgan fingerprint density at radius 3 is 2.85 bits per heavy atom. The summed E-state index contributed by atoms with van der Waals surface area (Å²) < 4.78 is 0. The van der Waals surface area contributed by atoms with Gasteiger partial charge in [0.05, 0.1) is 0 Å². The van der Waals surface area contributed by atoms with E-state index >= 15 is 0 Å². The van der Waals surface area contributed by atoms with Gasteiger partial charge in [-0.2, -0.15) is 0 Å². The van der Waals surface area contributed by atoms with Crippen LogP contribution in [0.1, 0.15) is 37.3 Å². The zero-order chi connectivity index (χ0) is 14.1. The topological polar surface area (TPSA) is 32.5 Å². The molecule has 110 valence electrons. The Balaban J connectivity index is 1.80. The molecule has 1 aromatic carbocycles. The molecule has 2 atom stereocenters. The van der Waals surface area contributed by atoms with Crippen LogP contribution in [0.5, 0.6) is 0 Å². The normalized spacial score (nSPS) is 27.4. The minimum absolute atomic E-state index is 0.604. The van der Waals surface area contributed by atoms with Crippen molar-refractivity contribution in [2.75, 3.05) is 24.5 Å². The molecule has 3 rings (SSSR count). The molecule has 2 aliphatic heterocycles. The van der Waals surface area contributed by atoms with Crippen molar-refractivity contribution in [2.24, 2.45) is 5.73 Å². The zero-order valence-corrected chi connectivity index (χ0v) is 12.8. The van der Waals surface area contributed by atoms with E-state index in [4.69, 9.17) is 5.73 Å². The molecule has 2 heterocycles. The molecule has 2 saturated heterocycles. The van der Waals surface area contributed by atoms with Gasteiger partial charge in [-0.05, 0) is 56.5 Å². The smallest absolute Gasteiger partial charge is 0.0389 e. The van der Waals surface area contributed by atoms with Crippen LogP contribution in [0.3, 0.4) is 0 Å². The molecule has 0 amide bonds. The first kappa shape index (κ1) is 13.9. The molecule has 2 N–H and O–H groups in total. The number of piperazine rings is 1. The van der Waals surface area contributed by atoms with Crippen molar-refractivity contribution < 1.29 is 0 Å². The Morgan fingerprint density at radius 2 is 2.10 bits per heavy atom. The van der Waals surface area contributed by atoms with Crippen molar-refractivity contribution in [3.05, 3.63) is 29.3 Å². The minimum Gasteiger partial charge on any atom is -0.366 e. The fraction of sp³-hybridized carbons (Fsp3) is 0.647. The van der Waals surface area contributed by atoms with E-state index in [2.05, 4.69) is 41.8 Å². The second-order valence-electron chi connectivity index (χ2n) is 6.46. The molecule has 0 aliphatic carbocycles. The predicted molar refractivity (Wildman–Crippen MR) is 85.1 cm³/mol. The first-order valence-electron chi connectivity index (χ1n) is 7.99. The summed E-state index contributed by atoms with van der Waals surface area (Å²) in [5.74, 6) is 0. The van der Waals surface area contributed by atoms with Crippen LogP contribution < -0.4 is 10.6 Å². The number of piperidine rings is 1. The summed E-state index contributed by atoms with van der Waals surface area (Å²) in [5, 5.41) is 0. The van der Waals surface area contributed by atoms with Gasteiger partial charge in [-0.25, -0.2) is 0 Å². The second-order valence-corrected chi connectivity index (χ2v) is 6.46. The highest BCUT2D eigenvalue weighted by atomic mass is 15.3. The van der Waals surface area contributed by atoms with E-state index < -0.39 is 0 Å². The molecule has 3 nitrogen and oxygen atoms in total. The molecule has 2 unspecified atom stereocenters. The third-order valence-corrected chi connectivity index (χ3v) is 5.07. The highest BCUT2D eigenvalue weighted by molar-refractivity contribution is 5.52.